The molecule has 0 aromatic heterocycles. The first-order valence-corrected chi connectivity index (χ1v) is 6.37. The van der Waals surface area contributed by atoms with Gasteiger partial charge in [-0.25, -0.2) is 0 Å². The van der Waals surface area contributed by atoms with Crippen LogP contribution in [0.4, 0.5) is 0 Å². The van der Waals surface area contributed by atoms with Crippen LogP contribution >= 0.6 is 0 Å². The van der Waals surface area contributed by atoms with Crippen molar-refractivity contribution in [2.24, 2.45) is 0 Å². The fourth-order valence-electron chi connectivity index (χ4n) is 3.09. The molecule has 0 nitrogen and oxygen atoms in total. The summed E-state index contributed by atoms with van der Waals surface area (Å²) in [5.41, 5.74) is 7.25. The van der Waals surface area contributed by atoms with Gasteiger partial charge in [0.1, 0.15) is 0 Å². The Morgan fingerprint density at radius 3 is 2.06 bits per heavy atom. The third kappa shape index (κ3) is 2.22. The van der Waals surface area contributed by atoms with Gasteiger partial charge in [-0.2, -0.15) is 0 Å². The van der Waals surface area contributed by atoms with Crippen LogP contribution in [-0.2, 0) is 5.41 Å². The van der Waals surface area contributed by atoms with Gasteiger partial charge in [-0.05, 0) is 50.8 Å². The minimum Gasteiger partial charge on any atom is -0.0804 e. The largest absolute Gasteiger partial charge is 0.0804 e. The Labute approximate surface area is 105 Å². The Morgan fingerprint density at radius 2 is 1.59 bits per heavy atom. The Kier molecular flexibility index (Phi) is 2.99. The summed E-state index contributed by atoms with van der Waals surface area (Å²) in [5, 5.41) is 0. The number of hydrogen-bond donors (Lipinski definition) is 0. The van der Waals surface area contributed by atoms with E-state index in [0.29, 0.717) is 0 Å². The van der Waals surface area contributed by atoms with Crippen molar-refractivity contribution in [3.8, 4) is 0 Å². The molecule has 0 heteroatoms. The third-order valence-electron chi connectivity index (χ3n) is 3.81. The summed E-state index contributed by atoms with van der Waals surface area (Å²) < 4.78 is 0. The molecule has 0 spiro atoms. The molecule has 1 unspecified atom stereocenters. The van der Waals surface area contributed by atoms with Crippen molar-refractivity contribution < 1.29 is 0 Å². The molecule has 1 aliphatic carbocycles. The summed E-state index contributed by atoms with van der Waals surface area (Å²) in [6.45, 7) is 11.2. The van der Waals surface area contributed by atoms with E-state index in [4.69, 9.17) is 0 Å². The van der Waals surface area contributed by atoms with Crippen molar-refractivity contribution in [3.05, 3.63) is 58.2 Å². The summed E-state index contributed by atoms with van der Waals surface area (Å²) in [4.78, 5) is 0. The lowest BCUT2D eigenvalue weighted by Crippen LogP contribution is -2.23. The van der Waals surface area contributed by atoms with Gasteiger partial charge in [-0.15, -0.1) is 0 Å². The first-order valence-electron chi connectivity index (χ1n) is 6.37. The lowest BCUT2D eigenvalue weighted by molar-refractivity contribution is 0.588. The zero-order valence-corrected chi connectivity index (χ0v) is 11.6. The van der Waals surface area contributed by atoms with Crippen LogP contribution < -0.4 is 0 Å². The van der Waals surface area contributed by atoms with Crippen LogP contribution in [0.3, 0.4) is 0 Å². The first-order chi connectivity index (χ1) is 7.92. The maximum atomic E-state index is 2.37. The van der Waals surface area contributed by atoms with Gasteiger partial charge in [0, 0.05) is 5.41 Å². The normalized spacial score (nSPS) is 23.7. The first kappa shape index (κ1) is 12.2. The predicted octanol–water partition coefficient (Wildman–Crippen LogP) is 4.78. The highest BCUT2D eigenvalue weighted by Crippen LogP contribution is 2.37. The summed E-state index contributed by atoms with van der Waals surface area (Å²) in [7, 11) is 0. The Morgan fingerprint density at radius 1 is 1.00 bits per heavy atom. The second-order valence-corrected chi connectivity index (χ2v) is 5.68. The van der Waals surface area contributed by atoms with E-state index in [0.717, 1.165) is 6.42 Å². The van der Waals surface area contributed by atoms with Crippen molar-refractivity contribution >= 4 is 0 Å². The van der Waals surface area contributed by atoms with E-state index in [1.165, 1.54) is 27.8 Å². The van der Waals surface area contributed by atoms with Crippen LogP contribution in [0, 0.1) is 20.8 Å². The third-order valence-corrected chi connectivity index (χ3v) is 3.81. The highest BCUT2D eigenvalue weighted by molar-refractivity contribution is 5.47. The fourth-order valence-corrected chi connectivity index (χ4v) is 3.09. The number of hydrogen-bond acceptors (Lipinski definition) is 0. The monoisotopic (exact) mass is 226 g/mol. The highest BCUT2D eigenvalue weighted by atomic mass is 14.3. The second kappa shape index (κ2) is 4.18. The van der Waals surface area contributed by atoms with Gasteiger partial charge in [-0.1, -0.05) is 48.4 Å². The van der Waals surface area contributed by atoms with E-state index >= 15 is 0 Å². The molecule has 0 saturated carbocycles. The zero-order chi connectivity index (χ0) is 12.6. The molecule has 1 aromatic rings. The van der Waals surface area contributed by atoms with E-state index in [-0.39, 0.29) is 5.41 Å². The van der Waals surface area contributed by atoms with Gasteiger partial charge in [0.15, 0.2) is 0 Å². The zero-order valence-electron chi connectivity index (χ0n) is 11.6. The predicted molar refractivity (Wildman–Crippen MR) is 75.5 cm³/mol. The van der Waals surface area contributed by atoms with Gasteiger partial charge in [0.2, 0.25) is 0 Å². The van der Waals surface area contributed by atoms with Crippen molar-refractivity contribution in [2.75, 3.05) is 0 Å². The van der Waals surface area contributed by atoms with Gasteiger partial charge in [0.25, 0.3) is 0 Å². The Hall–Kier alpha value is -1.30. The molecule has 0 aliphatic heterocycles. The van der Waals surface area contributed by atoms with Crippen LogP contribution in [0.2, 0.25) is 0 Å². The van der Waals surface area contributed by atoms with E-state index in [1.54, 1.807) is 0 Å². The van der Waals surface area contributed by atoms with Crippen LogP contribution in [0.5, 0.6) is 0 Å². The molecule has 0 saturated heterocycles. The summed E-state index contributed by atoms with van der Waals surface area (Å²) in [6, 6.07) is 4.60. The molecule has 0 heterocycles. The summed E-state index contributed by atoms with van der Waals surface area (Å²) in [6.07, 6.45) is 8.08. The van der Waals surface area contributed by atoms with Crippen LogP contribution in [0.1, 0.15) is 42.5 Å². The van der Waals surface area contributed by atoms with Gasteiger partial charge in [0.05, 0.1) is 0 Å². The number of benzene rings is 1. The topological polar surface area (TPSA) is 0 Å². The molecule has 2 rings (SSSR count). The molecule has 0 N–H and O–H groups in total. The fraction of sp³-hybridized carbons (Fsp3) is 0.412. The Balaban J connectivity index is 2.52. The van der Waals surface area contributed by atoms with Crippen molar-refractivity contribution in [1.82, 2.24) is 0 Å². The van der Waals surface area contributed by atoms with Crippen molar-refractivity contribution in [2.45, 2.75) is 46.5 Å². The Bertz CT molecular complexity index is 480. The van der Waals surface area contributed by atoms with Gasteiger partial charge >= 0.3 is 0 Å². The number of aryl methyl sites for hydroxylation is 3. The lowest BCUT2D eigenvalue weighted by atomic mass is 9.72. The van der Waals surface area contributed by atoms with E-state index in [9.17, 15) is 0 Å². The molecule has 17 heavy (non-hydrogen) atoms. The minimum atomic E-state index is 0.168. The lowest BCUT2D eigenvalue weighted by Gasteiger charge is -2.31. The van der Waals surface area contributed by atoms with E-state index in [2.05, 4.69) is 65.0 Å². The maximum Gasteiger partial charge on any atom is 0.0147 e. The second-order valence-electron chi connectivity index (χ2n) is 5.68. The van der Waals surface area contributed by atoms with Gasteiger partial charge in [-0.3, -0.25) is 0 Å². The molecule has 0 fully saturated rings. The molecule has 1 aliphatic rings. The van der Waals surface area contributed by atoms with Crippen LogP contribution in [0.15, 0.2) is 35.9 Å². The SMILES string of the molecule is CC1=CCC(C)(c2c(C)cc(C)cc2C)C=C1. The standard InChI is InChI=1S/C17H22/c1-12-6-8-17(5,9-7-12)16-14(3)10-13(2)11-15(16)4/h6-8,10-11H,9H2,1-5H3. The smallest absolute Gasteiger partial charge is 0.0147 e. The minimum absolute atomic E-state index is 0.168. The van der Waals surface area contributed by atoms with Gasteiger partial charge < -0.3 is 0 Å². The van der Waals surface area contributed by atoms with Crippen molar-refractivity contribution in [1.29, 1.82) is 0 Å². The summed E-state index contributed by atoms with van der Waals surface area (Å²) in [5.74, 6) is 0. The molecule has 90 valence electrons. The molecule has 1 atom stereocenters. The van der Waals surface area contributed by atoms with E-state index in [1.807, 2.05) is 0 Å². The molecule has 0 amide bonds. The van der Waals surface area contributed by atoms with Crippen LogP contribution in [-0.4, -0.2) is 0 Å². The van der Waals surface area contributed by atoms with E-state index < -0.39 is 0 Å². The number of allylic oxidation sites excluding steroid dienone is 4. The van der Waals surface area contributed by atoms with Crippen LogP contribution in [0.25, 0.3) is 0 Å². The molecular weight excluding hydrogens is 204 g/mol. The average molecular weight is 226 g/mol. The maximum absolute atomic E-state index is 2.37. The quantitative estimate of drug-likeness (QED) is 0.646. The highest BCUT2D eigenvalue weighted by Gasteiger charge is 2.27. The average Bonchev–Trinajstić information content (AvgIpc) is 2.21. The molecule has 0 radical (unpaired) electrons. The molecular formula is C17H22. The molecule has 0 bridgehead atoms. The van der Waals surface area contributed by atoms with Crippen molar-refractivity contribution in [3.63, 3.8) is 0 Å². The summed E-state index contributed by atoms with van der Waals surface area (Å²) >= 11 is 0. The number of rotatable bonds is 1. The molecule has 1 aromatic carbocycles.